The lowest BCUT2D eigenvalue weighted by Crippen LogP contribution is -2.22. The van der Waals surface area contributed by atoms with Crippen molar-refractivity contribution in [1.82, 2.24) is 10.2 Å². The lowest BCUT2D eigenvalue weighted by molar-refractivity contribution is -0.115. The molecule has 0 aliphatic heterocycles. The predicted octanol–water partition coefficient (Wildman–Crippen LogP) is 4.36. The Labute approximate surface area is 169 Å². The Morgan fingerprint density at radius 3 is 2.61 bits per heavy atom. The van der Waals surface area contributed by atoms with Crippen molar-refractivity contribution in [3.8, 4) is 0 Å². The van der Waals surface area contributed by atoms with Crippen LogP contribution < -0.4 is 10.6 Å². The van der Waals surface area contributed by atoms with E-state index in [2.05, 4.69) is 20.8 Å². The second-order valence-corrected chi connectivity index (χ2v) is 8.43. The van der Waals surface area contributed by atoms with Crippen LogP contribution in [-0.2, 0) is 4.79 Å². The molecular formula is C19H17FN4O2S2. The van der Waals surface area contributed by atoms with Crippen molar-refractivity contribution in [1.29, 1.82) is 0 Å². The van der Waals surface area contributed by atoms with Crippen molar-refractivity contribution >= 4 is 45.7 Å². The number of carbonyl (C=O) groups excluding carboxylic acids is 2. The number of nitrogens with zero attached hydrogens (tertiary/aromatic N) is 2. The molecule has 6 nitrogen and oxygen atoms in total. The maximum absolute atomic E-state index is 13.7. The molecule has 0 saturated carbocycles. The summed E-state index contributed by atoms with van der Waals surface area (Å²) in [6.45, 7) is 3.59. The monoisotopic (exact) mass is 416 g/mol. The zero-order valence-corrected chi connectivity index (χ0v) is 16.7. The molecule has 0 aliphatic carbocycles. The third kappa shape index (κ3) is 5.14. The van der Waals surface area contributed by atoms with E-state index in [1.54, 1.807) is 31.2 Å². The van der Waals surface area contributed by atoms with Crippen LogP contribution in [0.3, 0.4) is 0 Å². The number of rotatable bonds is 6. The molecule has 1 unspecified atom stereocenters. The van der Waals surface area contributed by atoms with Gasteiger partial charge in [0.15, 0.2) is 0 Å². The second-order valence-electron chi connectivity index (χ2n) is 5.84. The van der Waals surface area contributed by atoms with Crippen molar-refractivity contribution in [3.05, 3.63) is 64.9 Å². The van der Waals surface area contributed by atoms with E-state index in [9.17, 15) is 14.0 Å². The van der Waals surface area contributed by atoms with Crippen LogP contribution in [0.4, 0.5) is 15.2 Å². The molecule has 28 heavy (non-hydrogen) atoms. The van der Waals surface area contributed by atoms with Crippen molar-refractivity contribution < 1.29 is 14.0 Å². The van der Waals surface area contributed by atoms with E-state index in [0.29, 0.717) is 10.8 Å². The molecule has 0 fully saturated rings. The lowest BCUT2D eigenvalue weighted by atomic mass is 10.2. The van der Waals surface area contributed by atoms with Gasteiger partial charge in [-0.3, -0.25) is 14.9 Å². The van der Waals surface area contributed by atoms with E-state index in [-0.39, 0.29) is 16.7 Å². The maximum Gasteiger partial charge on any atom is 0.258 e. The first-order chi connectivity index (χ1) is 13.4. The molecular weight excluding hydrogens is 399 g/mol. The zero-order chi connectivity index (χ0) is 20.1. The highest BCUT2D eigenvalue weighted by molar-refractivity contribution is 8.00. The van der Waals surface area contributed by atoms with Crippen LogP contribution >= 0.6 is 23.1 Å². The highest BCUT2D eigenvalue weighted by Gasteiger charge is 2.17. The van der Waals surface area contributed by atoms with Gasteiger partial charge in [-0.15, -0.1) is 22.0 Å². The number of benzene rings is 2. The third-order valence-corrected chi connectivity index (χ3v) is 5.50. The van der Waals surface area contributed by atoms with Gasteiger partial charge in [-0.05, 0) is 44.2 Å². The minimum absolute atomic E-state index is 0.0272. The van der Waals surface area contributed by atoms with E-state index < -0.39 is 11.7 Å². The van der Waals surface area contributed by atoms with Crippen LogP contribution in [-0.4, -0.2) is 27.3 Å². The molecule has 2 N–H and O–H groups in total. The molecule has 0 spiro atoms. The Morgan fingerprint density at radius 2 is 1.89 bits per heavy atom. The quantitative estimate of drug-likeness (QED) is 0.584. The zero-order valence-electron chi connectivity index (χ0n) is 15.1. The summed E-state index contributed by atoms with van der Waals surface area (Å²) in [6, 6.07) is 12.8. The third-order valence-electron chi connectivity index (χ3n) is 3.65. The van der Waals surface area contributed by atoms with Crippen LogP contribution in [0.2, 0.25) is 0 Å². The number of carbonyl (C=O) groups is 2. The maximum atomic E-state index is 13.7. The van der Waals surface area contributed by atoms with Crippen molar-refractivity contribution in [2.24, 2.45) is 0 Å². The molecule has 3 aromatic rings. The second kappa shape index (κ2) is 8.94. The number of nitrogens with one attached hydrogen (secondary N) is 2. The fourth-order valence-corrected chi connectivity index (χ4v) is 3.82. The summed E-state index contributed by atoms with van der Waals surface area (Å²) in [5.74, 6) is -1.30. The van der Waals surface area contributed by atoms with Gasteiger partial charge in [-0.1, -0.05) is 29.5 Å². The van der Waals surface area contributed by atoms with Crippen molar-refractivity contribution in [3.63, 3.8) is 0 Å². The number of amides is 2. The summed E-state index contributed by atoms with van der Waals surface area (Å²) in [7, 11) is 0. The van der Waals surface area contributed by atoms with Crippen LogP contribution in [0, 0.1) is 12.7 Å². The lowest BCUT2D eigenvalue weighted by Gasteiger charge is -2.12. The van der Waals surface area contributed by atoms with Gasteiger partial charge in [0.05, 0.1) is 10.8 Å². The van der Waals surface area contributed by atoms with E-state index >= 15 is 0 Å². The summed E-state index contributed by atoms with van der Waals surface area (Å²) in [5.41, 5.74) is 0.492. The fraction of sp³-hybridized carbons (Fsp3) is 0.158. The summed E-state index contributed by atoms with van der Waals surface area (Å²) in [4.78, 5) is 25.3. The summed E-state index contributed by atoms with van der Waals surface area (Å²) in [5, 5.41) is 14.0. The minimum Gasteiger partial charge on any atom is -0.322 e. The highest BCUT2D eigenvalue weighted by atomic mass is 32.2. The minimum atomic E-state index is -0.581. The Morgan fingerprint density at radius 1 is 1.11 bits per heavy atom. The number of thioether (sulfide) groups is 1. The molecule has 0 aliphatic rings. The first kappa shape index (κ1) is 20.0. The SMILES string of the molecule is Cc1nnc(NC(=O)C(C)Sc2cccc(NC(=O)c3ccccc3F)c2)s1. The average molecular weight is 417 g/mol. The fourth-order valence-electron chi connectivity index (χ4n) is 2.30. The van der Waals surface area contributed by atoms with Gasteiger partial charge in [0.2, 0.25) is 11.0 Å². The van der Waals surface area contributed by atoms with Gasteiger partial charge in [-0.2, -0.15) is 0 Å². The topological polar surface area (TPSA) is 84.0 Å². The van der Waals surface area contributed by atoms with Crippen molar-refractivity contribution in [2.45, 2.75) is 24.0 Å². The van der Waals surface area contributed by atoms with E-state index in [4.69, 9.17) is 0 Å². The number of halogens is 1. The van der Waals surface area contributed by atoms with E-state index in [1.165, 1.54) is 41.3 Å². The number of hydrogen-bond donors (Lipinski definition) is 2. The number of hydrogen-bond acceptors (Lipinski definition) is 6. The van der Waals surface area contributed by atoms with Gasteiger partial charge in [0, 0.05) is 10.6 Å². The normalized spacial score (nSPS) is 11.7. The van der Waals surface area contributed by atoms with Gasteiger partial charge < -0.3 is 5.32 Å². The molecule has 1 aromatic heterocycles. The Kier molecular flexibility index (Phi) is 6.37. The molecule has 1 heterocycles. The first-order valence-electron chi connectivity index (χ1n) is 8.36. The van der Waals surface area contributed by atoms with Gasteiger partial charge in [-0.25, -0.2) is 4.39 Å². The molecule has 3 rings (SSSR count). The van der Waals surface area contributed by atoms with Crippen molar-refractivity contribution in [2.75, 3.05) is 10.6 Å². The molecule has 1 atom stereocenters. The predicted molar refractivity (Wildman–Crippen MR) is 109 cm³/mol. The van der Waals surface area contributed by atoms with Crippen LogP contribution in [0.15, 0.2) is 53.4 Å². The molecule has 144 valence electrons. The van der Waals surface area contributed by atoms with E-state index in [0.717, 1.165) is 9.90 Å². The summed E-state index contributed by atoms with van der Waals surface area (Å²) >= 11 is 2.64. The Hall–Kier alpha value is -2.78. The van der Waals surface area contributed by atoms with Crippen LogP contribution in [0.25, 0.3) is 0 Å². The molecule has 9 heteroatoms. The first-order valence-corrected chi connectivity index (χ1v) is 10.1. The average Bonchev–Trinajstić information content (AvgIpc) is 3.07. The molecule has 2 amide bonds. The Bertz CT molecular complexity index is 1010. The van der Waals surface area contributed by atoms with Crippen LogP contribution in [0.1, 0.15) is 22.3 Å². The number of aryl methyl sites for hydroxylation is 1. The summed E-state index contributed by atoms with van der Waals surface area (Å²) < 4.78 is 13.7. The van der Waals surface area contributed by atoms with Gasteiger partial charge >= 0.3 is 0 Å². The smallest absolute Gasteiger partial charge is 0.258 e. The highest BCUT2D eigenvalue weighted by Crippen LogP contribution is 2.27. The molecule has 0 radical (unpaired) electrons. The van der Waals surface area contributed by atoms with Crippen LogP contribution in [0.5, 0.6) is 0 Å². The Balaban J connectivity index is 1.63. The summed E-state index contributed by atoms with van der Waals surface area (Å²) in [6.07, 6.45) is 0. The molecule has 0 saturated heterocycles. The van der Waals surface area contributed by atoms with Gasteiger partial charge in [0.25, 0.3) is 5.91 Å². The largest absolute Gasteiger partial charge is 0.322 e. The number of aromatic nitrogens is 2. The molecule has 0 bridgehead atoms. The molecule has 2 aromatic carbocycles. The standard InChI is InChI=1S/C19H17FN4O2S2/c1-11(17(25)22-19-24-23-12(2)28-19)27-14-7-5-6-13(10-14)21-18(26)15-8-3-4-9-16(15)20/h3-11H,1-2H3,(H,21,26)(H,22,24,25). The van der Waals surface area contributed by atoms with E-state index in [1.807, 2.05) is 13.0 Å². The number of anilines is 2. The van der Waals surface area contributed by atoms with Gasteiger partial charge in [0.1, 0.15) is 10.8 Å².